The first-order valence-corrected chi connectivity index (χ1v) is 10.1. The van der Waals surface area contributed by atoms with Crippen LogP contribution in [0.4, 0.5) is 17.6 Å². The maximum Gasteiger partial charge on any atom is 0.573 e. The van der Waals surface area contributed by atoms with Gasteiger partial charge in [0.1, 0.15) is 11.5 Å². The van der Waals surface area contributed by atoms with Gasteiger partial charge in [0, 0.05) is 19.1 Å². The fraction of sp³-hybridized carbons (Fsp3) is 0.476. The molecule has 1 aromatic carbocycles. The van der Waals surface area contributed by atoms with Crippen LogP contribution in [0.5, 0.6) is 5.75 Å². The molecule has 174 valence electrons. The second-order valence-electron chi connectivity index (χ2n) is 7.57. The van der Waals surface area contributed by atoms with Crippen LogP contribution >= 0.6 is 0 Å². The van der Waals surface area contributed by atoms with Crippen molar-refractivity contribution in [1.29, 1.82) is 0 Å². The Kier molecular flexibility index (Phi) is 7.49. The van der Waals surface area contributed by atoms with Gasteiger partial charge in [-0.05, 0) is 30.5 Å². The zero-order chi connectivity index (χ0) is 23.3. The predicted molar refractivity (Wildman–Crippen MR) is 106 cm³/mol. The lowest BCUT2D eigenvalue weighted by molar-refractivity contribution is -0.275. The van der Waals surface area contributed by atoms with Crippen molar-refractivity contribution in [2.45, 2.75) is 50.4 Å². The van der Waals surface area contributed by atoms with Crippen molar-refractivity contribution in [2.24, 2.45) is 0 Å². The van der Waals surface area contributed by atoms with E-state index in [2.05, 4.69) is 20.0 Å². The summed E-state index contributed by atoms with van der Waals surface area (Å²) in [6.07, 6.45) is -0.161. The van der Waals surface area contributed by atoms with Gasteiger partial charge in [0.05, 0.1) is 12.6 Å². The molecule has 0 aliphatic heterocycles. The van der Waals surface area contributed by atoms with Crippen molar-refractivity contribution in [3.63, 3.8) is 0 Å². The number of ether oxygens (including phenoxy) is 2. The van der Waals surface area contributed by atoms with E-state index in [0.29, 0.717) is 5.82 Å². The smallest absolute Gasteiger partial charge is 0.403 e. The number of carbonyl (C=O) groups is 1. The second-order valence-corrected chi connectivity index (χ2v) is 7.57. The van der Waals surface area contributed by atoms with E-state index >= 15 is 0 Å². The SMILES string of the molecule is COCC(NC(=O)c1cc(=O)[nH]c(C2CCCCC2)n1)c1ccc(OC(F)(F)F)c(F)c1. The lowest BCUT2D eigenvalue weighted by Gasteiger charge is -2.21. The predicted octanol–water partition coefficient (Wildman–Crippen LogP) is 3.97. The fourth-order valence-corrected chi connectivity index (χ4v) is 3.72. The molecule has 1 aliphatic carbocycles. The summed E-state index contributed by atoms with van der Waals surface area (Å²) in [4.78, 5) is 31.9. The third kappa shape index (κ3) is 6.28. The molecule has 7 nitrogen and oxygen atoms in total. The van der Waals surface area contributed by atoms with Gasteiger partial charge >= 0.3 is 6.36 Å². The average Bonchev–Trinajstić information content (AvgIpc) is 2.74. The van der Waals surface area contributed by atoms with Gasteiger partial charge in [-0.15, -0.1) is 13.2 Å². The third-order valence-corrected chi connectivity index (χ3v) is 5.21. The Morgan fingerprint density at radius 1 is 1.25 bits per heavy atom. The Bertz CT molecular complexity index is 1000. The normalized spacial score (nSPS) is 15.9. The number of nitrogens with zero attached hydrogens (tertiary/aromatic N) is 1. The Balaban J connectivity index is 1.80. The summed E-state index contributed by atoms with van der Waals surface area (Å²) in [6.45, 7) is -0.0939. The zero-order valence-corrected chi connectivity index (χ0v) is 17.3. The number of aromatic nitrogens is 2. The van der Waals surface area contributed by atoms with Crippen LogP contribution < -0.4 is 15.6 Å². The summed E-state index contributed by atoms with van der Waals surface area (Å²) >= 11 is 0. The number of benzene rings is 1. The van der Waals surface area contributed by atoms with E-state index in [4.69, 9.17) is 4.74 Å². The van der Waals surface area contributed by atoms with Crippen LogP contribution in [0.1, 0.15) is 65.9 Å². The van der Waals surface area contributed by atoms with Crippen LogP contribution in [0.2, 0.25) is 0 Å². The van der Waals surface area contributed by atoms with E-state index in [0.717, 1.165) is 50.3 Å². The van der Waals surface area contributed by atoms with Gasteiger partial charge in [-0.3, -0.25) is 9.59 Å². The highest BCUT2D eigenvalue weighted by Crippen LogP contribution is 2.30. The van der Waals surface area contributed by atoms with Gasteiger partial charge in [-0.25, -0.2) is 9.37 Å². The molecule has 0 spiro atoms. The number of rotatable bonds is 7. The summed E-state index contributed by atoms with van der Waals surface area (Å²) < 4.78 is 59.9. The highest BCUT2D eigenvalue weighted by Gasteiger charge is 2.32. The van der Waals surface area contributed by atoms with Gasteiger partial charge in [-0.2, -0.15) is 0 Å². The van der Waals surface area contributed by atoms with Crippen molar-refractivity contribution in [3.8, 4) is 5.75 Å². The minimum Gasteiger partial charge on any atom is -0.403 e. The van der Waals surface area contributed by atoms with Crippen LogP contribution in [0, 0.1) is 5.82 Å². The molecular weight excluding hydrogens is 434 g/mol. The molecule has 1 aliphatic rings. The molecule has 2 N–H and O–H groups in total. The van der Waals surface area contributed by atoms with Crippen molar-refractivity contribution < 1.29 is 31.8 Å². The summed E-state index contributed by atoms with van der Waals surface area (Å²) in [7, 11) is 1.35. The van der Waals surface area contributed by atoms with E-state index < -0.39 is 35.4 Å². The number of hydrogen-bond acceptors (Lipinski definition) is 5. The van der Waals surface area contributed by atoms with E-state index in [1.54, 1.807) is 0 Å². The molecule has 0 radical (unpaired) electrons. The Morgan fingerprint density at radius 3 is 2.59 bits per heavy atom. The molecule has 1 aromatic heterocycles. The molecule has 1 saturated carbocycles. The van der Waals surface area contributed by atoms with E-state index in [1.165, 1.54) is 13.2 Å². The largest absolute Gasteiger partial charge is 0.573 e. The molecular formula is C21H23F4N3O4. The number of aromatic amines is 1. The number of carbonyl (C=O) groups excluding carboxylic acids is 1. The summed E-state index contributed by atoms with van der Waals surface area (Å²) in [5, 5.41) is 2.59. The Labute approximate surface area is 181 Å². The quantitative estimate of drug-likeness (QED) is 0.614. The first-order chi connectivity index (χ1) is 15.2. The first kappa shape index (κ1) is 23.7. The molecule has 32 heavy (non-hydrogen) atoms. The van der Waals surface area contributed by atoms with Crippen LogP contribution in [0.25, 0.3) is 0 Å². The number of nitrogens with one attached hydrogen (secondary N) is 2. The molecule has 11 heteroatoms. The molecule has 0 bridgehead atoms. The summed E-state index contributed by atoms with van der Waals surface area (Å²) in [6, 6.07) is 2.99. The maximum atomic E-state index is 14.1. The number of alkyl halides is 3. The highest BCUT2D eigenvalue weighted by molar-refractivity contribution is 5.92. The third-order valence-electron chi connectivity index (χ3n) is 5.21. The van der Waals surface area contributed by atoms with E-state index in [9.17, 15) is 27.2 Å². The Morgan fingerprint density at radius 2 is 1.97 bits per heavy atom. The average molecular weight is 457 g/mol. The molecule has 1 amide bonds. The summed E-state index contributed by atoms with van der Waals surface area (Å²) in [5.41, 5.74) is -0.411. The number of amides is 1. The topological polar surface area (TPSA) is 93.3 Å². The number of halogens is 4. The van der Waals surface area contributed by atoms with Crippen LogP contribution in [-0.2, 0) is 4.74 Å². The standard InChI is InChI=1S/C21H23F4N3O4/c1-31-11-16(13-7-8-17(14(22)9-13)32-21(23,24)25)27-20(30)15-10-18(29)28-19(26-15)12-5-3-2-4-6-12/h7-10,12,16H,2-6,11H2,1H3,(H,27,30)(H,26,28,29). The lowest BCUT2D eigenvalue weighted by atomic mass is 9.88. The van der Waals surface area contributed by atoms with Crippen molar-refractivity contribution in [1.82, 2.24) is 15.3 Å². The molecule has 1 heterocycles. The van der Waals surface area contributed by atoms with Gasteiger partial charge < -0.3 is 19.8 Å². The zero-order valence-electron chi connectivity index (χ0n) is 17.3. The Hall–Kier alpha value is -2.95. The van der Waals surface area contributed by atoms with Crippen LogP contribution in [0.3, 0.4) is 0 Å². The van der Waals surface area contributed by atoms with Gasteiger partial charge in [0.15, 0.2) is 11.6 Å². The molecule has 1 atom stereocenters. The number of H-pyrrole nitrogens is 1. The number of hydrogen-bond donors (Lipinski definition) is 2. The molecule has 0 saturated heterocycles. The van der Waals surface area contributed by atoms with Crippen LogP contribution in [-0.4, -0.2) is 36.0 Å². The fourth-order valence-electron chi connectivity index (χ4n) is 3.72. The first-order valence-electron chi connectivity index (χ1n) is 10.1. The summed E-state index contributed by atoms with van der Waals surface area (Å²) in [5.74, 6) is -2.41. The molecule has 2 aromatic rings. The van der Waals surface area contributed by atoms with Gasteiger partial charge in [-0.1, -0.05) is 25.3 Å². The molecule has 1 fully saturated rings. The van der Waals surface area contributed by atoms with Crippen molar-refractivity contribution >= 4 is 5.91 Å². The van der Waals surface area contributed by atoms with Crippen molar-refractivity contribution in [3.05, 3.63) is 57.5 Å². The minimum absolute atomic E-state index is 0.0641. The maximum absolute atomic E-state index is 14.1. The lowest BCUT2D eigenvalue weighted by Crippen LogP contribution is -2.33. The van der Waals surface area contributed by atoms with E-state index in [1.807, 2.05) is 0 Å². The monoisotopic (exact) mass is 457 g/mol. The second kappa shape index (κ2) is 10.1. The number of methoxy groups -OCH3 is 1. The van der Waals surface area contributed by atoms with Gasteiger partial charge in [0.2, 0.25) is 0 Å². The van der Waals surface area contributed by atoms with E-state index in [-0.39, 0.29) is 23.8 Å². The molecule has 1 unspecified atom stereocenters. The highest BCUT2D eigenvalue weighted by atomic mass is 19.4. The van der Waals surface area contributed by atoms with Crippen molar-refractivity contribution in [2.75, 3.05) is 13.7 Å². The van der Waals surface area contributed by atoms with Crippen LogP contribution in [0.15, 0.2) is 29.1 Å². The molecule has 3 rings (SSSR count). The van der Waals surface area contributed by atoms with Gasteiger partial charge in [0.25, 0.3) is 11.5 Å². The minimum atomic E-state index is -5.04.